The summed E-state index contributed by atoms with van der Waals surface area (Å²) in [4.78, 5) is 2.08. The van der Waals surface area contributed by atoms with Crippen LogP contribution >= 0.6 is 11.6 Å². The predicted molar refractivity (Wildman–Crippen MR) is 68.1 cm³/mol. The molecular weight excluding hydrogens is 239 g/mol. The number of nitrogens with one attached hydrogen (secondary N) is 1. The zero-order valence-electron chi connectivity index (χ0n) is 9.63. The van der Waals surface area contributed by atoms with Crippen molar-refractivity contribution in [2.75, 3.05) is 24.5 Å². The lowest BCUT2D eigenvalue weighted by molar-refractivity contribution is 0.416. The molecule has 1 aliphatic carbocycles. The van der Waals surface area contributed by atoms with E-state index in [0.29, 0.717) is 16.8 Å². The van der Waals surface area contributed by atoms with Gasteiger partial charge in [-0.05, 0) is 30.9 Å². The first-order valence-electron chi connectivity index (χ1n) is 6.18. The highest BCUT2D eigenvalue weighted by molar-refractivity contribution is 6.33. The summed E-state index contributed by atoms with van der Waals surface area (Å²) in [6.45, 7) is 2.60. The van der Waals surface area contributed by atoms with Crippen LogP contribution in [0.5, 0.6) is 0 Å². The van der Waals surface area contributed by atoms with Crippen LogP contribution in [0.1, 0.15) is 12.8 Å². The third-order valence-electron chi connectivity index (χ3n) is 3.65. The molecule has 1 aromatic rings. The maximum Gasteiger partial charge on any atom is 0.148 e. The first kappa shape index (κ1) is 11.3. The summed E-state index contributed by atoms with van der Waals surface area (Å²) >= 11 is 6.10. The van der Waals surface area contributed by atoms with E-state index in [9.17, 15) is 4.39 Å². The van der Waals surface area contributed by atoms with Gasteiger partial charge in [0, 0.05) is 25.7 Å². The number of halogens is 2. The van der Waals surface area contributed by atoms with Crippen molar-refractivity contribution in [3.8, 4) is 0 Å². The van der Waals surface area contributed by atoms with Crippen LogP contribution < -0.4 is 10.2 Å². The molecule has 0 amide bonds. The van der Waals surface area contributed by atoms with Gasteiger partial charge in [-0.15, -0.1) is 0 Å². The van der Waals surface area contributed by atoms with Crippen LogP contribution in [0, 0.1) is 11.7 Å². The Balaban J connectivity index is 1.82. The summed E-state index contributed by atoms with van der Waals surface area (Å²) in [5.41, 5.74) is 0.571. The van der Waals surface area contributed by atoms with E-state index in [2.05, 4.69) is 10.2 Å². The predicted octanol–water partition coefficient (Wildman–Crippen LogP) is 2.67. The minimum atomic E-state index is -0.214. The molecule has 3 rings (SSSR count). The summed E-state index contributed by atoms with van der Waals surface area (Å²) in [6, 6.07) is 5.39. The normalized spacial score (nSPS) is 25.1. The number of rotatable bonds is 2. The van der Waals surface area contributed by atoms with Gasteiger partial charge < -0.3 is 10.2 Å². The molecule has 0 aromatic heterocycles. The molecule has 1 N–H and O–H groups in total. The first-order chi connectivity index (χ1) is 8.25. The zero-order chi connectivity index (χ0) is 11.8. The van der Waals surface area contributed by atoms with Gasteiger partial charge in [-0.3, -0.25) is 0 Å². The van der Waals surface area contributed by atoms with Crippen LogP contribution in [0.15, 0.2) is 18.2 Å². The highest BCUT2D eigenvalue weighted by Gasteiger charge is 2.34. The number of benzene rings is 1. The molecule has 2 nitrogen and oxygen atoms in total. The number of piperazine rings is 1. The molecule has 0 spiro atoms. The van der Waals surface area contributed by atoms with Gasteiger partial charge in [-0.1, -0.05) is 17.7 Å². The number of para-hydroxylation sites is 1. The Labute approximate surface area is 106 Å². The largest absolute Gasteiger partial charge is 0.365 e. The smallest absolute Gasteiger partial charge is 0.148 e. The average molecular weight is 255 g/mol. The van der Waals surface area contributed by atoms with Gasteiger partial charge in [0.15, 0.2) is 0 Å². The van der Waals surface area contributed by atoms with Crippen molar-refractivity contribution < 1.29 is 4.39 Å². The van der Waals surface area contributed by atoms with Crippen LogP contribution in [-0.2, 0) is 0 Å². The molecule has 1 saturated heterocycles. The van der Waals surface area contributed by atoms with E-state index < -0.39 is 0 Å². The molecule has 1 aromatic carbocycles. The fourth-order valence-corrected chi connectivity index (χ4v) is 2.87. The molecule has 92 valence electrons. The fraction of sp³-hybridized carbons (Fsp3) is 0.538. The summed E-state index contributed by atoms with van der Waals surface area (Å²) in [5.74, 6) is 0.567. The van der Waals surface area contributed by atoms with Crippen molar-refractivity contribution in [2.24, 2.45) is 5.92 Å². The second kappa shape index (κ2) is 4.46. The second-order valence-electron chi connectivity index (χ2n) is 4.91. The summed E-state index contributed by atoms with van der Waals surface area (Å²) in [6.07, 6.45) is 2.60. The first-order valence-corrected chi connectivity index (χ1v) is 6.56. The molecule has 1 unspecified atom stereocenters. The summed E-state index contributed by atoms with van der Waals surface area (Å²) < 4.78 is 13.8. The molecule has 0 bridgehead atoms. The summed E-state index contributed by atoms with van der Waals surface area (Å²) in [5, 5.41) is 4.03. The Morgan fingerprint density at radius 3 is 2.88 bits per heavy atom. The van der Waals surface area contributed by atoms with E-state index in [1.165, 1.54) is 18.9 Å². The monoisotopic (exact) mass is 254 g/mol. The number of hydrogen-bond donors (Lipinski definition) is 1. The van der Waals surface area contributed by atoms with E-state index in [-0.39, 0.29) is 5.82 Å². The van der Waals surface area contributed by atoms with Crippen molar-refractivity contribution in [3.63, 3.8) is 0 Å². The van der Waals surface area contributed by atoms with Gasteiger partial charge in [0.2, 0.25) is 0 Å². The molecule has 1 aliphatic heterocycles. The maximum absolute atomic E-state index is 13.8. The van der Waals surface area contributed by atoms with Crippen LogP contribution in [0.3, 0.4) is 0 Å². The van der Waals surface area contributed by atoms with Crippen LogP contribution in [-0.4, -0.2) is 25.7 Å². The number of anilines is 1. The maximum atomic E-state index is 13.8. The van der Waals surface area contributed by atoms with Gasteiger partial charge in [0.25, 0.3) is 0 Å². The highest BCUT2D eigenvalue weighted by atomic mass is 35.5. The van der Waals surface area contributed by atoms with E-state index in [1.807, 2.05) is 0 Å². The number of hydrogen-bond acceptors (Lipinski definition) is 2. The number of nitrogens with zero attached hydrogens (tertiary/aromatic N) is 1. The van der Waals surface area contributed by atoms with Crippen molar-refractivity contribution in [1.29, 1.82) is 0 Å². The molecule has 2 aliphatic rings. The van der Waals surface area contributed by atoms with Crippen molar-refractivity contribution in [3.05, 3.63) is 29.0 Å². The lowest BCUT2D eigenvalue weighted by Gasteiger charge is -2.36. The molecule has 17 heavy (non-hydrogen) atoms. The Morgan fingerprint density at radius 1 is 1.35 bits per heavy atom. The van der Waals surface area contributed by atoms with Crippen LogP contribution in [0.4, 0.5) is 10.1 Å². The van der Waals surface area contributed by atoms with Gasteiger partial charge in [0.1, 0.15) is 5.82 Å². The minimum absolute atomic E-state index is 0.214. The Bertz CT molecular complexity index is 400. The van der Waals surface area contributed by atoms with Crippen LogP contribution in [0.2, 0.25) is 5.02 Å². The molecule has 1 heterocycles. The Hall–Kier alpha value is -0.800. The standard InChI is InChI=1S/C13H16ClFN2/c14-10-2-1-3-11(15)13(10)17-7-6-16-12(8-17)9-4-5-9/h1-3,9,12,16H,4-8H2. The molecule has 0 radical (unpaired) electrons. The molecule has 2 fully saturated rings. The lowest BCUT2D eigenvalue weighted by atomic mass is 10.1. The van der Waals surface area contributed by atoms with Crippen molar-refractivity contribution in [1.82, 2.24) is 5.32 Å². The highest BCUT2D eigenvalue weighted by Crippen LogP contribution is 2.36. The SMILES string of the molecule is Fc1cccc(Cl)c1N1CCNC(C2CC2)C1. The van der Waals surface area contributed by atoms with Gasteiger partial charge >= 0.3 is 0 Å². The topological polar surface area (TPSA) is 15.3 Å². The molecule has 1 atom stereocenters. The Kier molecular flexibility index (Phi) is 2.97. The van der Waals surface area contributed by atoms with E-state index >= 15 is 0 Å². The quantitative estimate of drug-likeness (QED) is 0.873. The zero-order valence-corrected chi connectivity index (χ0v) is 10.4. The second-order valence-corrected chi connectivity index (χ2v) is 5.32. The average Bonchev–Trinajstić information content (AvgIpc) is 3.13. The van der Waals surface area contributed by atoms with Crippen LogP contribution in [0.25, 0.3) is 0 Å². The van der Waals surface area contributed by atoms with Crippen molar-refractivity contribution >= 4 is 17.3 Å². The molecule has 1 saturated carbocycles. The van der Waals surface area contributed by atoms with Gasteiger partial charge in [-0.2, -0.15) is 0 Å². The molecular formula is C13H16ClFN2. The summed E-state index contributed by atoms with van der Waals surface area (Å²) in [7, 11) is 0. The van der Waals surface area contributed by atoms with E-state index in [0.717, 1.165) is 25.6 Å². The minimum Gasteiger partial charge on any atom is -0.365 e. The third-order valence-corrected chi connectivity index (χ3v) is 3.96. The van der Waals surface area contributed by atoms with Gasteiger partial charge in [-0.25, -0.2) is 4.39 Å². The van der Waals surface area contributed by atoms with E-state index in [4.69, 9.17) is 11.6 Å². The Morgan fingerprint density at radius 2 is 2.18 bits per heavy atom. The van der Waals surface area contributed by atoms with E-state index in [1.54, 1.807) is 12.1 Å². The fourth-order valence-electron chi connectivity index (χ4n) is 2.59. The van der Waals surface area contributed by atoms with Crippen molar-refractivity contribution in [2.45, 2.75) is 18.9 Å². The molecule has 4 heteroatoms. The third kappa shape index (κ3) is 2.26. The van der Waals surface area contributed by atoms with Gasteiger partial charge in [0.05, 0.1) is 10.7 Å². The lowest BCUT2D eigenvalue weighted by Crippen LogP contribution is -2.52.